The Morgan fingerprint density at radius 3 is 2.40 bits per heavy atom. The van der Waals surface area contributed by atoms with Gasteiger partial charge < -0.3 is 19.8 Å². The minimum absolute atomic E-state index is 0.0565. The van der Waals surface area contributed by atoms with Gasteiger partial charge in [0.25, 0.3) is 5.91 Å². The van der Waals surface area contributed by atoms with Crippen molar-refractivity contribution in [3.05, 3.63) is 78.3 Å². The largest absolute Gasteiger partial charge is 0.495 e. The number of hydrogen-bond donors (Lipinski definition) is 2. The van der Waals surface area contributed by atoms with E-state index in [1.54, 1.807) is 37.4 Å². The number of ether oxygens (including phenoxy) is 1. The van der Waals surface area contributed by atoms with Crippen molar-refractivity contribution in [1.29, 1.82) is 0 Å². The van der Waals surface area contributed by atoms with Crippen molar-refractivity contribution in [2.75, 3.05) is 17.7 Å². The van der Waals surface area contributed by atoms with Gasteiger partial charge in [-0.05, 0) is 48.7 Å². The summed E-state index contributed by atoms with van der Waals surface area (Å²) in [7, 11) is 1.55. The van der Waals surface area contributed by atoms with Crippen LogP contribution in [0.25, 0.3) is 0 Å². The number of carbonyl (C=O) groups excluding carboxylic acids is 2. The summed E-state index contributed by atoms with van der Waals surface area (Å²) in [6.45, 7) is 0. The molecule has 0 unspecified atom stereocenters. The van der Waals surface area contributed by atoms with Gasteiger partial charge in [0.15, 0.2) is 5.76 Å². The standard InChI is InChI=1S/C24H24N2O4/c1-29-20-12-11-18(25-22(27)21-10-7-15-30-21)16-19(20)26-23(28)24(13-5-6-14-24)17-8-3-2-4-9-17/h2-4,7-12,15-16H,5-6,13-14H2,1H3,(H,25,27)(H,26,28). The van der Waals surface area contributed by atoms with Crippen LogP contribution in [-0.2, 0) is 10.2 Å². The highest BCUT2D eigenvalue weighted by atomic mass is 16.5. The number of furan rings is 1. The molecule has 3 aromatic rings. The van der Waals surface area contributed by atoms with E-state index in [1.165, 1.54) is 6.26 Å². The van der Waals surface area contributed by atoms with Crippen molar-refractivity contribution in [3.8, 4) is 5.75 Å². The lowest BCUT2D eigenvalue weighted by Gasteiger charge is -2.28. The fourth-order valence-corrected chi connectivity index (χ4v) is 4.11. The third-order valence-electron chi connectivity index (χ3n) is 5.67. The highest BCUT2D eigenvalue weighted by molar-refractivity contribution is 6.04. The van der Waals surface area contributed by atoms with E-state index in [4.69, 9.17) is 9.15 Å². The summed E-state index contributed by atoms with van der Waals surface area (Å²) in [6.07, 6.45) is 5.08. The van der Waals surface area contributed by atoms with Crippen molar-refractivity contribution in [3.63, 3.8) is 0 Å². The third-order valence-corrected chi connectivity index (χ3v) is 5.67. The molecule has 0 radical (unpaired) electrons. The number of rotatable bonds is 6. The molecular formula is C24H24N2O4. The Kier molecular flexibility index (Phi) is 5.57. The van der Waals surface area contributed by atoms with Crippen molar-refractivity contribution >= 4 is 23.2 Å². The van der Waals surface area contributed by atoms with Crippen LogP contribution in [0.5, 0.6) is 5.75 Å². The average molecular weight is 404 g/mol. The molecule has 0 aliphatic heterocycles. The second kappa shape index (κ2) is 8.45. The zero-order valence-corrected chi connectivity index (χ0v) is 16.8. The lowest BCUT2D eigenvalue weighted by Crippen LogP contribution is -2.38. The van der Waals surface area contributed by atoms with E-state index in [9.17, 15) is 9.59 Å². The summed E-state index contributed by atoms with van der Waals surface area (Å²) >= 11 is 0. The van der Waals surface area contributed by atoms with E-state index in [1.807, 2.05) is 30.3 Å². The highest BCUT2D eigenvalue weighted by Crippen LogP contribution is 2.42. The fourth-order valence-electron chi connectivity index (χ4n) is 4.11. The molecule has 0 bridgehead atoms. The molecule has 30 heavy (non-hydrogen) atoms. The van der Waals surface area contributed by atoms with Crippen LogP contribution in [-0.4, -0.2) is 18.9 Å². The number of anilines is 2. The zero-order chi connectivity index (χ0) is 21.0. The van der Waals surface area contributed by atoms with Crippen molar-refractivity contribution in [2.24, 2.45) is 0 Å². The van der Waals surface area contributed by atoms with Gasteiger partial charge in [-0.15, -0.1) is 0 Å². The summed E-state index contributed by atoms with van der Waals surface area (Å²) in [4.78, 5) is 25.7. The molecule has 2 amide bonds. The molecule has 6 heteroatoms. The molecule has 1 aromatic heterocycles. The van der Waals surface area contributed by atoms with Crippen LogP contribution in [0.1, 0.15) is 41.8 Å². The predicted molar refractivity (Wildman–Crippen MR) is 115 cm³/mol. The Morgan fingerprint density at radius 2 is 1.73 bits per heavy atom. The van der Waals surface area contributed by atoms with Gasteiger partial charge >= 0.3 is 0 Å². The maximum Gasteiger partial charge on any atom is 0.291 e. The van der Waals surface area contributed by atoms with E-state index >= 15 is 0 Å². The molecule has 6 nitrogen and oxygen atoms in total. The number of amides is 2. The lowest BCUT2D eigenvalue weighted by molar-refractivity contribution is -0.121. The number of benzene rings is 2. The number of hydrogen-bond acceptors (Lipinski definition) is 4. The van der Waals surface area contributed by atoms with Gasteiger partial charge in [-0.2, -0.15) is 0 Å². The Bertz CT molecular complexity index is 1020. The first-order valence-electron chi connectivity index (χ1n) is 10.0. The molecule has 1 heterocycles. The molecule has 1 aliphatic carbocycles. The normalized spacial score (nSPS) is 14.8. The lowest BCUT2D eigenvalue weighted by atomic mass is 9.78. The van der Waals surface area contributed by atoms with Crippen LogP contribution in [0, 0.1) is 0 Å². The fraction of sp³-hybridized carbons (Fsp3) is 0.250. The summed E-state index contributed by atoms with van der Waals surface area (Å²) in [5.41, 5.74) is 1.52. The smallest absolute Gasteiger partial charge is 0.291 e. The molecule has 154 valence electrons. The van der Waals surface area contributed by atoms with Gasteiger partial charge in [-0.3, -0.25) is 9.59 Å². The van der Waals surface area contributed by atoms with Gasteiger partial charge in [-0.25, -0.2) is 0 Å². The van der Waals surface area contributed by atoms with Gasteiger partial charge in [0.05, 0.1) is 24.5 Å². The second-order valence-corrected chi connectivity index (χ2v) is 7.46. The molecule has 0 atom stereocenters. The monoisotopic (exact) mass is 404 g/mol. The highest BCUT2D eigenvalue weighted by Gasteiger charge is 2.42. The van der Waals surface area contributed by atoms with Crippen LogP contribution in [0.4, 0.5) is 11.4 Å². The molecule has 0 saturated heterocycles. The Labute approximate surface area is 175 Å². The van der Waals surface area contributed by atoms with Gasteiger partial charge in [0, 0.05) is 5.69 Å². The maximum atomic E-state index is 13.5. The summed E-state index contributed by atoms with van der Waals surface area (Å²) in [5, 5.41) is 5.83. The zero-order valence-electron chi connectivity index (χ0n) is 16.8. The van der Waals surface area contributed by atoms with E-state index in [-0.39, 0.29) is 17.6 Å². The number of methoxy groups -OCH3 is 1. The number of carbonyl (C=O) groups is 2. The quantitative estimate of drug-likeness (QED) is 0.606. The third kappa shape index (κ3) is 3.81. The molecule has 2 aromatic carbocycles. The minimum atomic E-state index is -0.556. The average Bonchev–Trinajstić information content (AvgIpc) is 3.48. The van der Waals surface area contributed by atoms with Crippen molar-refractivity contribution in [2.45, 2.75) is 31.1 Å². The summed E-state index contributed by atoms with van der Waals surface area (Å²) in [5.74, 6) is 0.323. The molecule has 1 saturated carbocycles. The SMILES string of the molecule is COc1ccc(NC(=O)c2ccco2)cc1NC(=O)C1(c2ccccc2)CCCC1. The maximum absolute atomic E-state index is 13.5. The number of nitrogens with one attached hydrogen (secondary N) is 2. The first kappa shape index (κ1) is 19.8. The van der Waals surface area contributed by atoms with Crippen molar-refractivity contribution in [1.82, 2.24) is 0 Å². The van der Waals surface area contributed by atoms with Gasteiger partial charge in [0.1, 0.15) is 5.75 Å². The van der Waals surface area contributed by atoms with E-state index in [0.717, 1.165) is 31.2 Å². The second-order valence-electron chi connectivity index (χ2n) is 7.46. The molecule has 0 spiro atoms. The first-order valence-corrected chi connectivity index (χ1v) is 10.0. The predicted octanol–water partition coefficient (Wildman–Crippen LogP) is 4.99. The van der Waals surface area contributed by atoms with Gasteiger partial charge in [-0.1, -0.05) is 43.2 Å². The van der Waals surface area contributed by atoms with E-state index in [2.05, 4.69) is 10.6 Å². The van der Waals surface area contributed by atoms with E-state index in [0.29, 0.717) is 17.1 Å². The summed E-state index contributed by atoms with van der Waals surface area (Å²) in [6, 6.07) is 18.3. The Hall–Kier alpha value is -3.54. The van der Waals surface area contributed by atoms with Crippen LogP contribution >= 0.6 is 0 Å². The van der Waals surface area contributed by atoms with Crippen molar-refractivity contribution < 1.29 is 18.7 Å². The minimum Gasteiger partial charge on any atom is -0.495 e. The van der Waals surface area contributed by atoms with Crippen LogP contribution in [0.2, 0.25) is 0 Å². The first-order chi connectivity index (χ1) is 14.6. The van der Waals surface area contributed by atoms with E-state index < -0.39 is 5.41 Å². The Balaban J connectivity index is 1.59. The topological polar surface area (TPSA) is 80.6 Å². The summed E-state index contributed by atoms with van der Waals surface area (Å²) < 4.78 is 10.6. The molecule has 1 aliphatic rings. The van der Waals surface area contributed by atoms with Gasteiger partial charge in [0.2, 0.25) is 5.91 Å². The van der Waals surface area contributed by atoms with Crippen LogP contribution < -0.4 is 15.4 Å². The molecule has 4 rings (SSSR count). The van der Waals surface area contributed by atoms with Crippen LogP contribution in [0.15, 0.2) is 71.3 Å². The van der Waals surface area contributed by atoms with Crippen LogP contribution in [0.3, 0.4) is 0 Å². The Morgan fingerprint density at radius 1 is 0.967 bits per heavy atom. The molecule has 2 N–H and O–H groups in total. The molecule has 1 fully saturated rings. The molecular weight excluding hydrogens is 380 g/mol.